The van der Waals surface area contributed by atoms with Crippen LogP contribution in [0.4, 0.5) is 11.8 Å². The Morgan fingerprint density at radius 3 is 2.48 bits per heavy atom. The lowest BCUT2D eigenvalue weighted by molar-refractivity contribution is -0.130. The van der Waals surface area contributed by atoms with Gasteiger partial charge >= 0.3 is 5.97 Å². The Kier molecular flexibility index (Phi) is 8.39. The third-order valence-corrected chi connectivity index (χ3v) is 6.99. The monoisotopic (exact) mass is 551 g/mol. The van der Waals surface area contributed by atoms with Gasteiger partial charge in [-0.1, -0.05) is 0 Å². The fraction of sp³-hybridized carbons (Fsp3) is 0.481. The molecule has 1 saturated heterocycles. The van der Waals surface area contributed by atoms with Gasteiger partial charge in [0.25, 0.3) is 5.91 Å². The van der Waals surface area contributed by atoms with Crippen molar-refractivity contribution < 1.29 is 28.9 Å². The summed E-state index contributed by atoms with van der Waals surface area (Å²) in [5.41, 5.74) is 0.731. The molecule has 4 heterocycles. The Labute approximate surface area is 231 Å². The van der Waals surface area contributed by atoms with Crippen LogP contribution in [-0.2, 0) is 9.53 Å². The zero-order valence-electron chi connectivity index (χ0n) is 22.6. The average Bonchev–Trinajstić information content (AvgIpc) is 2.97. The van der Waals surface area contributed by atoms with Crippen molar-refractivity contribution >= 4 is 34.5 Å². The number of morpholine rings is 1. The van der Waals surface area contributed by atoms with E-state index in [0.29, 0.717) is 54.8 Å². The summed E-state index contributed by atoms with van der Waals surface area (Å²) in [6.07, 6.45) is 7.61. The van der Waals surface area contributed by atoms with Crippen molar-refractivity contribution in [1.82, 2.24) is 24.8 Å². The third kappa shape index (κ3) is 6.65. The number of carboxylic acids is 1. The molecule has 0 unspecified atom stereocenters. The SMILES string of the molecule is CN(C)C(=O)COc1cnc(N[C@H]2CC[C@@H](Oc3nc(N4CCOCC4)cc4ncc(C(=O)O)cc34)CC2)nc1. The molecule has 2 aliphatic rings. The van der Waals surface area contributed by atoms with E-state index in [2.05, 4.69) is 25.2 Å². The van der Waals surface area contributed by atoms with E-state index < -0.39 is 5.97 Å². The molecule has 0 radical (unpaired) electrons. The molecule has 40 heavy (non-hydrogen) atoms. The highest BCUT2D eigenvalue weighted by atomic mass is 16.5. The molecule has 0 aromatic carbocycles. The fourth-order valence-electron chi connectivity index (χ4n) is 4.65. The first-order chi connectivity index (χ1) is 19.4. The third-order valence-electron chi connectivity index (χ3n) is 6.99. The molecule has 3 aromatic rings. The molecule has 2 N–H and O–H groups in total. The van der Waals surface area contributed by atoms with Crippen LogP contribution in [0.25, 0.3) is 10.9 Å². The standard InChI is InChI=1S/C27H33N7O6/c1-33(2)24(35)16-39-20-14-29-27(30-15-20)31-18-3-5-19(6-4-18)40-25-21-11-17(26(36)37)13-28-22(21)12-23(32-25)34-7-9-38-10-8-34/h11-15,18-19H,3-10,16H2,1-2H3,(H,36,37)(H,29,30,31)/t18-,19+. The van der Waals surface area contributed by atoms with Crippen LogP contribution in [0.1, 0.15) is 36.0 Å². The van der Waals surface area contributed by atoms with Crippen LogP contribution in [0, 0.1) is 0 Å². The van der Waals surface area contributed by atoms with Gasteiger partial charge < -0.3 is 34.4 Å². The zero-order chi connectivity index (χ0) is 28.1. The molecule has 13 heteroatoms. The van der Waals surface area contributed by atoms with Crippen molar-refractivity contribution in [1.29, 1.82) is 0 Å². The number of pyridine rings is 2. The minimum atomic E-state index is -1.05. The van der Waals surface area contributed by atoms with E-state index in [9.17, 15) is 14.7 Å². The molecule has 3 aromatic heterocycles. The van der Waals surface area contributed by atoms with E-state index in [1.165, 1.54) is 11.1 Å². The van der Waals surface area contributed by atoms with Gasteiger partial charge in [-0.3, -0.25) is 9.78 Å². The summed E-state index contributed by atoms with van der Waals surface area (Å²) in [6.45, 7) is 2.60. The molecule has 1 amide bonds. The number of hydrogen-bond donors (Lipinski definition) is 2. The molecule has 5 rings (SSSR count). The second-order valence-corrected chi connectivity index (χ2v) is 10.0. The first-order valence-corrected chi connectivity index (χ1v) is 13.3. The van der Waals surface area contributed by atoms with Crippen LogP contribution in [0.2, 0.25) is 0 Å². The molecule has 2 fully saturated rings. The Bertz CT molecular complexity index is 1340. The van der Waals surface area contributed by atoms with Gasteiger partial charge in [-0.2, -0.15) is 4.98 Å². The maximum absolute atomic E-state index is 11.7. The number of likely N-dealkylation sites (N-methyl/N-ethyl adjacent to an activating group) is 1. The minimum absolute atomic E-state index is 0.0691. The largest absolute Gasteiger partial charge is 0.481 e. The van der Waals surface area contributed by atoms with E-state index in [4.69, 9.17) is 19.2 Å². The summed E-state index contributed by atoms with van der Waals surface area (Å²) in [5.74, 6) is 0.875. The highest BCUT2D eigenvalue weighted by Crippen LogP contribution is 2.32. The molecule has 0 spiro atoms. The summed E-state index contributed by atoms with van der Waals surface area (Å²) < 4.78 is 17.3. The first kappa shape index (κ1) is 27.3. The van der Waals surface area contributed by atoms with E-state index in [1.54, 1.807) is 32.6 Å². The van der Waals surface area contributed by atoms with Gasteiger partial charge in [0.05, 0.1) is 42.1 Å². The van der Waals surface area contributed by atoms with Gasteiger partial charge in [0.1, 0.15) is 11.9 Å². The summed E-state index contributed by atoms with van der Waals surface area (Å²) in [4.78, 5) is 44.7. The summed E-state index contributed by atoms with van der Waals surface area (Å²) in [6, 6.07) is 3.62. The number of rotatable bonds is 9. The lowest BCUT2D eigenvalue weighted by Crippen LogP contribution is -2.37. The Balaban J connectivity index is 1.22. The van der Waals surface area contributed by atoms with Crippen molar-refractivity contribution in [3.05, 3.63) is 36.3 Å². The van der Waals surface area contributed by atoms with Crippen molar-refractivity contribution in [2.24, 2.45) is 0 Å². The van der Waals surface area contributed by atoms with Gasteiger partial charge in [-0.05, 0) is 31.7 Å². The van der Waals surface area contributed by atoms with Crippen molar-refractivity contribution in [3.63, 3.8) is 0 Å². The molecule has 1 saturated carbocycles. The van der Waals surface area contributed by atoms with Crippen LogP contribution < -0.4 is 19.7 Å². The van der Waals surface area contributed by atoms with Crippen LogP contribution in [0.3, 0.4) is 0 Å². The molecule has 212 valence electrons. The van der Waals surface area contributed by atoms with E-state index in [0.717, 1.165) is 31.5 Å². The van der Waals surface area contributed by atoms with Crippen LogP contribution in [0.15, 0.2) is 30.7 Å². The van der Waals surface area contributed by atoms with Crippen molar-refractivity contribution in [3.8, 4) is 11.6 Å². The number of aromatic carboxylic acids is 1. The zero-order valence-corrected chi connectivity index (χ0v) is 22.6. The quantitative estimate of drug-likeness (QED) is 0.401. The molecule has 1 aliphatic carbocycles. The number of ether oxygens (including phenoxy) is 3. The van der Waals surface area contributed by atoms with E-state index in [1.807, 2.05) is 6.07 Å². The number of carbonyl (C=O) groups is 2. The number of nitrogens with one attached hydrogen (secondary N) is 1. The van der Waals surface area contributed by atoms with Gasteiger partial charge in [-0.25, -0.2) is 14.8 Å². The highest BCUT2D eigenvalue weighted by Gasteiger charge is 2.25. The predicted molar refractivity (Wildman–Crippen MR) is 146 cm³/mol. The molecule has 13 nitrogen and oxygen atoms in total. The van der Waals surface area contributed by atoms with Gasteiger partial charge in [0.15, 0.2) is 12.4 Å². The lowest BCUT2D eigenvalue weighted by Gasteiger charge is -2.31. The highest BCUT2D eigenvalue weighted by molar-refractivity contribution is 5.94. The number of anilines is 2. The smallest absolute Gasteiger partial charge is 0.337 e. The summed E-state index contributed by atoms with van der Waals surface area (Å²) >= 11 is 0. The molecular weight excluding hydrogens is 518 g/mol. The first-order valence-electron chi connectivity index (χ1n) is 13.3. The van der Waals surface area contributed by atoms with E-state index >= 15 is 0 Å². The Hall–Kier alpha value is -4.26. The maximum atomic E-state index is 11.7. The number of carbonyl (C=O) groups excluding carboxylic acids is 1. The number of nitrogens with zero attached hydrogens (tertiary/aromatic N) is 6. The topological polar surface area (TPSA) is 152 Å². The maximum Gasteiger partial charge on any atom is 0.337 e. The number of carboxylic acid groups (broad SMARTS) is 1. The second kappa shape index (κ2) is 12.3. The van der Waals surface area contributed by atoms with Crippen LogP contribution >= 0.6 is 0 Å². The molecule has 0 atom stereocenters. The molecular formula is C27H33N7O6. The number of hydrogen-bond acceptors (Lipinski definition) is 11. The number of fused-ring (bicyclic) bond motifs is 1. The van der Waals surface area contributed by atoms with Gasteiger partial charge in [-0.15, -0.1) is 0 Å². The Morgan fingerprint density at radius 1 is 1.07 bits per heavy atom. The summed E-state index contributed by atoms with van der Waals surface area (Å²) in [7, 11) is 3.34. The summed E-state index contributed by atoms with van der Waals surface area (Å²) in [5, 5.41) is 13.4. The normalized spacial score (nSPS) is 19.2. The molecule has 0 bridgehead atoms. The van der Waals surface area contributed by atoms with Gasteiger partial charge in [0.2, 0.25) is 11.8 Å². The number of amides is 1. The predicted octanol–water partition coefficient (Wildman–Crippen LogP) is 2.22. The van der Waals surface area contributed by atoms with Crippen molar-refractivity contribution in [2.75, 3.05) is 57.2 Å². The Morgan fingerprint density at radius 2 is 1.80 bits per heavy atom. The average molecular weight is 552 g/mol. The lowest BCUT2D eigenvalue weighted by atomic mass is 9.93. The fourth-order valence-corrected chi connectivity index (χ4v) is 4.65. The van der Waals surface area contributed by atoms with Gasteiger partial charge in [0, 0.05) is 45.5 Å². The second-order valence-electron chi connectivity index (χ2n) is 10.0. The van der Waals surface area contributed by atoms with Crippen molar-refractivity contribution in [2.45, 2.75) is 37.8 Å². The number of aromatic nitrogens is 4. The minimum Gasteiger partial charge on any atom is -0.481 e. The van der Waals surface area contributed by atoms with E-state index in [-0.39, 0.29) is 30.2 Å². The van der Waals surface area contributed by atoms with Crippen LogP contribution in [-0.4, -0.2) is 101 Å². The van der Waals surface area contributed by atoms with Crippen LogP contribution in [0.5, 0.6) is 11.6 Å². The molecule has 1 aliphatic heterocycles.